The summed E-state index contributed by atoms with van der Waals surface area (Å²) in [4.78, 5) is 32.1. The second-order valence-corrected chi connectivity index (χ2v) is 9.96. The first-order valence-corrected chi connectivity index (χ1v) is 14.3. The van der Waals surface area contributed by atoms with Crippen molar-refractivity contribution in [1.82, 2.24) is 4.98 Å². The molecule has 1 aromatic heterocycles. The summed E-state index contributed by atoms with van der Waals surface area (Å²) in [5, 5.41) is 10.7. The molecule has 196 valence electrons. The van der Waals surface area contributed by atoms with Gasteiger partial charge < -0.3 is 14.3 Å². The molecular weight excluding hydrogens is 557 g/mol. The van der Waals surface area contributed by atoms with Gasteiger partial charge in [0.2, 0.25) is 0 Å². The highest BCUT2D eigenvalue weighted by molar-refractivity contribution is 14.1. The minimum Gasteiger partial charge on any atom is -0.457 e. The number of cyclic esters (lactones) is 1. The van der Waals surface area contributed by atoms with Crippen LogP contribution in [0.15, 0.2) is 40.1 Å². The molecule has 35 heavy (non-hydrogen) atoms. The van der Waals surface area contributed by atoms with Crippen molar-refractivity contribution in [3.05, 3.63) is 47.2 Å². The lowest BCUT2D eigenvalue weighted by molar-refractivity contribution is -0.148. The molecule has 0 spiro atoms. The Kier molecular flexibility index (Phi) is 13.2. The molecule has 0 fully saturated rings. The third-order valence-electron chi connectivity index (χ3n) is 6.44. The Morgan fingerprint density at radius 2 is 1.89 bits per heavy atom. The Morgan fingerprint density at radius 1 is 1.23 bits per heavy atom. The molecule has 0 saturated carbocycles. The number of alkyl halides is 1. The minimum absolute atomic E-state index is 0.0414. The monoisotopic (exact) mass is 599 g/mol. The van der Waals surface area contributed by atoms with E-state index in [9.17, 15) is 14.7 Å². The van der Waals surface area contributed by atoms with E-state index < -0.39 is 23.5 Å². The summed E-state index contributed by atoms with van der Waals surface area (Å²) in [6.07, 6.45) is 10.1. The Bertz CT molecular complexity index is 928. The molecule has 4 unspecified atom stereocenters. The van der Waals surface area contributed by atoms with Crippen LogP contribution in [0.2, 0.25) is 0 Å². The number of halogens is 1. The van der Waals surface area contributed by atoms with Gasteiger partial charge in [-0.2, -0.15) is 0 Å². The summed E-state index contributed by atoms with van der Waals surface area (Å²) in [7, 11) is 0. The fourth-order valence-corrected chi connectivity index (χ4v) is 4.06. The highest BCUT2D eigenvalue weighted by Crippen LogP contribution is 2.31. The third kappa shape index (κ3) is 10.0. The molecule has 0 aromatic carbocycles. The maximum Gasteiger partial charge on any atom is 0.306 e. The first-order valence-electron chi connectivity index (χ1n) is 12.1. The van der Waals surface area contributed by atoms with Crippen molar-refractivity contribution >= 4 is 40.4 Å². The molecule has 4 atom stereocenters. The van der Waals surface area contributed by atoms with Gasteiger partial charge in [0.1, 0.15) is 23.8 Å². The van der Waals surface area contributed by atoms with Gasteiger partial charge in [-0.25, -0.2) is 4.98 Å². The molecule has 0 amide bonds. The van der Waals surface area contributed by atoms with Crippen LogP contribution in [0.3, 0.4) is 0 Å². The second kappa shape index (κ2) is 14.7. The number of aliphatic hydroxyl groups is 1. The van der Waals surface area contributed by atoms with Crippen molar-refractivity contribution < 1.29 is 23.8 Å². The molecule has 2 heterocycles. The van der Waals surface area contributed by atoms with Gasteiger partial charge in [-0.15, -0.1) is 0 Å². The predicted molar refractivity (Wildman–Crippen MR) is 149 cm³/mol. The van der Waals surface area contributed by atoms with Crippen molar-refractivity contribution in [2.45, 2.75) is 86.4 Å². The fraction of sp³-hybridized carbons (Fsp3) is 0.607. The quantitative estimate of drug-likeness (QED) is 0.177. The van der Waals surface area contributed by atoms with E-state index in [1.807, 2.05) is 57.8 Å². The van der Waals surface area contributed by atoms with Gasteiger partial charge in [0.15, 0.2) is 5.89 Å². The van der Waals surface area contributed by atoms with E-state index in [1.165, 1.54) is 0 Å². The van der Waals surface area contributed by atoms with Crippen LogP contribution >= 0.6 is 22.6 Å². The number of rotatable bonds is 2. The summed E-state index contributed by atoms with van der Waals surface area (Å²) in [6.45, 7) is 13.1. The van der Waals surface area contributed by atoms with E-state index >= 15 is 0 Å². The number of allylic oxidation sites excluding steroid dienone is 2. The second-order valence-electron chi connectivity index (χ2n) is 9.96. The van der Waals surface area contributed by atoms with E-state index in [-0.39, 0.29) is 24.1 Å². The van der Waals surface area contributed by atoms with Crippen LogP contribution in [0, 0.1) is 24.2 Å². The number of carbonyl (C=O) groups is 2. The van der Waals surface area contributed by atoms with Gasteiger partial charge in [0.25, 0.3) is 0 Å². The average molecular weight is 600 g/mol. The zero-order chi connectivity index (χ0) is 26.8. The fourth-order valence-electron chi connectivity index (χ4n) is 4.06. The lowest BCUT2D eigenvalue weighted by atomic mass is 9.75. The predicted octanol–water partition coefficient (Wildman–Crippen LogP) is 6.65. The van der Waals surface area contributed by atoms with Crippen LogP contribution in [0.4, 0.5) is 0 Å². The Morgan fingerprint density at radius 3 is 2.49 bits per heavy atom. The summed E-state index contributed by atoms with van der Waals surface area (Å²) in [6, 6.07) is 0. The number of carbonyl (C=O) groups excluding carboxylic acids is 2. The number of ketones is 1. The average Bonchev–Trinajstić information content (AvgIpc) is 3.23. The van der Waals surface area contributed by atoms with Crippen molar-refractivity contribution in [1.29, 1.82) is 0 Å². The number of Topliss-reactive ketones (excluding diaryl/α,β-unsaturated/α-hetero) is 1. The molecule has 0 bridgehead atoms. The first-order chi connectivity index (χ1) is 16.4. The number of ether oxygens (including phenoxy) is 1. The summed E-state index contributed by atoms with van der Waals surface area (Å²) in [5.41, 5.74) is 1.95. The lowest BCUT2D eigenvalue weighted by Gasteiger charge is -2.30. The summed E-state index contributed by atoms with van der Waals surface area (Å²) >= 11 is 2.15. The van der Waals surface area contributed by atoms with E-state index in [0.29, 0.717) is 24.4 Å². The van der Waals surface area contributed by atoms with Gasteiger partial charge in [-0.1, -0.05) is 74.1 Å². The molecule has 1 N–H and O–H groups in total. The van der Waals surface area contributed by atoms with E-state index in [1.54, 1.807) is 20.1 Å². The summed E-state index contributed by atoms with van der Waals surface area (Å²) < 4.78 is 11.1. The number of oxazole rings is 1. The maximum absolute atomic E-state index is 13.1. The third-order valence-corrected chi connectivity index (χ3v) is 6.44. The molecule has 0 radical (unpaired) electrons. The van der Waals surface area contributed by atoms with E-state index in [4.69, 9.17) is 9.15 Å². The molecule has 1 aliphatic rings. The van der Waals surface area contributed by atoms with Gasteiger partial charge in [-0.3, -0.25) is 9.59 Å². The smallest absolute Gasteiger partial charge is 0.306 e. The van der Waals surface area contributed by atoms with Crippen molar-refractivity contribution in [3.63, 3.8) is 0 Å². The van der Waals surface area contributed by atoms with Crippen molar-refractivity contribution in [2.75, 3.05) is 4.93 Å². The van der Waals surface area contributed by atoms with Crippen LogP contribution in [-0.4, -0.2) is 39.0 Å². The van der Waals surface area contributed by atoms with Crippen LogP contribution in [-0.2, 0) is 14.3 Å². The van der Waals surface area contributed by atoms with Gasteiger partial charge in [-0.05, 0) is 43.3 Å². The molecule has 6 nitrogen and oxygen atoms in total. The number of hydrogen-bond acceptors (Lipinski definition) is 6. The Hall–Kier alpha value is -1.74. The highest BCUT2D eigenvalue weighted by Gasteiger charge is 2.36. The van der Waals surface area contributed by atoms with E-state index in [0.717, 1.165) is 17.6 Å². The normalized spacial score (nSPS) is 29.3. The molecule has 2 rings (SSSR count). The number of aliphatic hydroxyl groups excluding tert-OH is 1. The van der Waals surface area contributed by atoms with Gasteiger partial charge in [0, 0.05) is 37.0 Å². The molecule has 0 saturated heterocycles. The van der Waals surface area contributed by atoms with Gasteiger partial charge >= 0.3 is 5.97 Å². The topological polar surface area (TPSA) is 89.6 Å². The number of esters is 1. The van der Waals surface area contributed by atoms with Crippen LogP contribution in [0.25, 0.3) is 6.08 Å². The highest BCUT2D eigenvalue weighted by atomic mass is 127. The van der Waals surface area contributed by atoms with Gasteiger partial charge in [0.05, 0.1) is 6.10 Å². The molecule has 1 aliphatic heterocycles. The van der Waals surface area contributed by atoms with Crippen molar-refractivity contribution in [2.24, 2.45) is 17.3 Å². The lowest BCUT2D eigenvalue weighted by Crippen LogP contribution is -2.38. The number of hydrogen-bond donors (Lipinski definition) is 1. The SMILES string of the molecule is C/C1=C/CC(/C(C)=C/c2coc(C)n2)OC(=O)CCC(C)(C)C(=O)C(C)C(O)C(C)/C=C/C1.CI. The maximum atomic E-state index is 13.1. The molecule has 7 heteroatoms. The van der Waals surface area contributed by atoms with E-state index in [2.05, 4.69) is 33.7 Å². The number of aromatic nitrogens is 1. The Balaban J connectivity index is 0.00000298. The summed E-state index contributed by atoms with van der Waals surface area (Å²) in [5.74, 6) is -0.477. The van der Waals surface area contributed by atoms with Crippen LogP contribution in [0.5, 0.6) is 0 Å². The largest absolute Gasteiger partial charge is 0.457 e. The number of nitrogens with zero attached hydrogens (tertiary/aromatic N) is 1. The zero-order valence-electron chi connectivity index (χ0n) is 22.4. The Labute approximate surface area is 224 Å². The van der Waals surface area contributed by atoms with Crippen LogP contribution in [0.1, 0.15) is 78.8 Å². The van der Waals surface area contributed by atoms with Crippen molar-refractivity contribution in [3.8, 4) is 0 Å². The molecular formula is C28H42INO5. The number of aryl methyl sites for hydroxylation is 1. The van der Waals surface area contributed by atoms with Crippen LogP contribution < -0.4 is 0 Å². The zero-order valence-corrected chi connectivity index (χ0v) is 24.6. The molecule has 0 aliphatic carbocycles. The standard InChI is InChI=1S/C27H39NO5.CH3I/c1-17-9-8-10-18(2)25(30)20(4)26(31)27(6,7)14-13-24(29)33-23(12-11-17)19(3)15-22-16-32-21(5)28-22;1-2/h8,10-11,15-16,18,20,23,25,30H,9,12-14H2,1-7H3;1H3/b10-8+,17-11-,19-15+;. The first kappa shape index (κ1) is 31.3. The molecule has 1 aromatic rings. The minimum atomic E-state index is -0.769.